The van der Waals surface area contributed by atoms with E-state index in [-0.39, 0.29) is 5.82 Å². The molecule has 19 heavy (non-hydrogen) atoms. The zero-order valence-corrected chi connectivity index (χ0v) is 12.1. The highest BCUT2D eigenvalue weighted by atomic mass is 79.9. The Bertz CT molecular complexity index is 720. The van der Waals surface area contributed by atoms with Crippen molar-refractivity contribution < 1.29 is 0 Å². The molecule has 0 radical (unpaired) electrons. The molecule has 7 heteroatoms. The van der Waals surface area contributed by atoms with Crippen LogP contribution in [0.25, 0.3) is 0 Å². The first-order valence-corrected chi connectivity index (χ1v) is 6.41. The molecule has 1 aromatic heterocycles. The van der Waals surface area contributed by atoms with Crippen LogP contribution in [0.5, 0.6) is 0 Å². The predicted molar refractivity (Wildman–Crippen MR) is 76.2 cm³/mol. The molecular formula is C12H13BrN4O2. The molecule has 0 unspecified atom stereocenters. The van der Waals surface area contributed by atoms with Gasteiger partial charge in [-0.1, -0.05) is 28.1 Å². The summed E-state index contributed by atoms with van der Waals surface area (Å²) in [6.45, 7) is 0.458. The van der Waals surface area contributed by atoms with Crippen LogP contribution < -0.4 is 16.6 Å². The van der Waals surface area contributed by atoms with E-state index in [0.717, 1.165) is 19.3 Å². The second-order valence-corrected chi connectivity index (χ2v) is 5.02. The number of hydrogen-bond donors (Lipinski definition) is 1. The Balaban J connectivity index is 2.26. The van der Waals surface area contributed by atoms with Crippen molar-refractivity contribution in [1.82, 2.24) is 14.3 Å². The SMILES string of the molecule is Cn1nc(NCc2cccc(Br)c2)c(=O)n(C)c1=O. The highest BCUT2D eigenvalue weighted by Crippen LogP contribution is 2.12. The largest absolute Gasteiger partial charge is 0.360 e. The van der Waals surface area contributed by atoms with Crippen LogP contribution in [0.3, 0.4) is 0 Å². The summed E-state index contributed by atoms with van der Waals surface area (Å²) >= 11 is 3.38. The van der Waals surface area contributed by atoms with Gasteiger partial charge in [0.15, 0.2) is 0 Å². The predicted octanol–water partition coefficient (Wildman–Crippen LogP) is 0.854. The molecular weight excluding hydrogens is 312 g/mol. The van der Waals surface area contributed by atoms with Gasteiger partial charge >= 0.3 is 5.69 Å². The molecule has 0 aliphatic rings. The summed E-state index contributed by atoms with van der Waals surface area (Å²) < 4.78 is 3.12. The van der Waals surface area contributed by atoms with Crippen LogP contribution in [-0.2, 0) is 20.6 Å². The fourth-order valence-corrected chi connectivity index (χ4v) is 2.09. The average Bonchev–Trinajstić information content (AvgIpc) is 2.39. The van der Waals surface area contributed by atoms with Crippen LogP contribution in [0.4, 0.5) is 5.82 Å². The third-order valence-corrected chi connectivity index (χ3v) is 3.16. The molecule has 0 saturated heterocycles. The topological polar surface area (TPSA) is 68.9 Å². The van der Waals surface area contributed by atoms with Gasteiger partial charge in [-0.25, -0.2) is 9.48 Å². The Labute approximate surface area is 117 Å². The maximum Gasteiger partial charge on any atom is 0.346 e. The van der Waals surface area contributed by atoms with E-state index in [0.29, 0.717) is 6.54 Å². The Kier molecular flexibility index (Phi) is 3.84. The molecule has 2 aromatic rings. The number of nitrogens with one attached hydrogen (secondary N) is 1. The van der Waals surface area contributed by atoms with Gasteiger partial charge in [-0.2, -0.15) is 0 Å². The van der Waals surface area contributed by atoms with E-state index in [1.807, 2.05) is 24.3 Å². The Morgan fingerprint density at radius 1 is 1.32 bits per heavy atom. The van der Waals surface area contributed by atoms with Crippen molar-refractivity contribution in [2.45, 2.75) is 6.54 Å². The van der Waals surface area contributed by atoms with Crippen LogP contribution >= 0.6 is 15.9 Å². The van der Waals surface area contributed by atoms with Gasteiger partial charge in [0, 0.05) is 25.1 Å². The number of anilines is 1. The lowest BCUT2D eigenvalue weighted by molar-refractivity contribution is 0.604. The smallest absolute Gasteiger partial charge is 0.346 e. The van der Waals surface area contributed by atoms with Crippen molar-refractivity contribution >= 4 is 21.7 Å². The van der Waals surface area contributed by atoms with Gasteiger partial charge in [0.05, 0.1) is 0 Å². The van der Waals surface area contributed by atoms with Crippen molar-refractivity contribution in [2.75, 3.05) is 5.32 Å². The first-order chi connectivity index (χ1) is 8.99. The van der Waals surface area contributed by atoms with Gasteiger partial charge in [0.25, 0.3) is 5.56 Å². The summed E-state index contributed by atoms with van der Waals surface area (Å²) in [7, 11) is 2.93. The van der Waals surface area contributed by atoms with Crippen LogP contribution in [0.2, 0.25) is 0 Å². The molecule has 0 aliphatic carbocycles. The molecule has 1 heterocycles. The third kappa shape index (κ3) is 2.93. The Morgan fingerprint density at radius 3 is 2.74 bits per heavy atom. The number of aryl methyl sites for hydroxylation is 1. The molecule has 2 rings (SSSR count). The summed E-state index contributed by atoms with van der Waals surface area (Å²) in [4.78, 5) is 23.3. The van der Waals surface area contributed by atoms with Crippen molar-refractivity contribution in [2.24, 2.45) is 14.1 Å². The first kappa shape index (κ1) is 13.5. The van der Waals surface area contributed by atoms with E-state index in [1.54, 1.807) is 0 Å². The monoisotopic (exact) mass is 324 g/mol. The molecule has 1 N–H and O–H groups in total. The Hall–Kier alpha value is -1.89. The summed E-state index contributed by atoms with van der Waals surface area (Å²) in [5, 5.41) is 6.86. The average molecular weight is 325 g/mol. The minimum atomic E-state index is -0.446. The molecule has 100 valence electrons. The number of rotatable bonds is 3. The summed E-state index contributed by atoms with van der Waals surface area (Å²) in [6, 6.07) is 7.71. The molecule has 0 spiro atoms. The van der Waals surface area contributed by atoms with E-state index >= 15 is 0 Å². The summed E-state index contributed by atoms with van der Waals surface area (Å²) in [5.41, 5.74) is 0.128. The number of benzene rings is 1. The summed E-state index contributed by atoms with van der Waals surface area (Å²) in [6.07, 6.45) is 0. The maximum atomic E-state index is 11.8. The first-order valence-electron chi connectivity index (χ1n) is 5.61. The fraction of sp³-hybridized carbons (Fsp3) is 0.250. The van der Waals surface area contributed by atoms with Crippen LogP contribution in [0.1, 0.15) is 5.56 Å². The van der Waals surface area contributed by atoms with Gasteiger partial charge in [-0.3, -0.25) is 9.36 Å². The van der Waals surface area contributed by atoms with E-state index in [1.165, 1.54) is 14.1 Å². The lowest BCUT2D eigenvalue weighted by Crippen LogP contribution is -2.39. The number of nitrogens with zero attached hydrogens (tertiary/aromatic N) is 3. The molecule has 0 atom stereocenters. The van der Waals surface area contributed by atoms with Gasteiger partial charge in [0.2, 0.25) is 5.82 Å². The van der Waals surface area contributed by atoms with Crippen LogP contribution in [0, 0.1) is 0 Å². The molecule has 0 fully saturated rings. The van der Waals surface area contributed by atoms with Crippen molar-refractivity contribution in [3.8, 4) is 0 Å². The Morgan fingerprint density at radius 2 is 2.05 bits per heavy atom. The highest BCUT2D eigenvalue weighted by Gasteiger charge is 2.07. The zero-order chi connectivity index (χ0) is 14.0. The van der Waals surface area contributed by atoms with Crippen molar-refractivity contribution in [3.05, 3.63) is 55.1 Å². The minimum absolute atomic E-state index is 0.157. The molecule has 0 saturated carbocycles. The fourth-order valence-electron chi connectivity index (χ4n) is 1.64. The highest BCUT2D eigenvalue weighted by molar-refractivity contribution is 9.10. The number of hydrogen-bond acceptors (Lipinski definition) is 4. The van der Waals surface area contributed by atoms with Crippen LogP contribution in [-0.4, -0.2) is 14.3 Å². The van der Waals surface area contributed by atoms with E-state index in [4.69, 9.17) is 0 Å². The molecule has 1 aromatic carbocycles. The quantitative estimate of drug-likeness (QED) is 0.909. The van der Waals surface area contributed by atoms with E-state index < -0.39 is 11.2 Å². The van der Waals surface area contributed by atoms with E-state index in [2.05, 4.69) is 26.3 Å². The molecule has 0 bridgehead atoms. The number of aromatic nitrogens is 3. The number of halogens is 1. The third-order valence-electron chi connectivity index (χ3n) is 2.67. The van der Waals surface area contributed by atoms with Gasteiger partial charge in [-0.15, -0.1) is 5.10 Å². The van der Waals surface area contributed by atoms with Gasteiger partial charge in [-0.05, 0) is 17.7 Å². The molecule has 0 aliphatic heterocycles. The van der Waals surface area contributed by atoms with Crippen molar-refractivity contribution in [1.29, 1.82) is 0 Å². The zero-order valence-electron chi connectivity index (χ0n) is 10.6. The molecule has 6 nitrogen and oxygen atoms in total. The minimum Gasteiger partial charge on any atom is -0.360 e. The second-order valence-electron chi connectivity index (χ2n) is 4.10. The maximum absolute atomic E-state index is 11.8. The second kappa shape index (κ2) is 5.40. The standard InChI is InChI=1S/C12H13BrN4O2/c1-16-11(18)10(15-17(2)12(16)19)14-7-8-4-3-5-9(13)6-8/h3-6H,7H2,1-2H3,(H,14,15). The lowest BCUT2D eigenvalue weighted by Gasteiger charge is -2.08. The lowest BCUT2D eigenvalue weighted by atomic mass is 10.2. The summed E-state index contributed by atoms with van der Waals surface area (Å²) in [5.74, 6) is 0.157. The normalized spacial score (nSPS) is 10.5. The van der Waals surface area contributed by atoms with Gasteiger partial charge < -0.3 is 5.32 Å². The molecule has 0 amide bonds. The van der Waals surface area contributed by atoms with E-state index in [9.17, 15) is 9.59 Å². The van der Waals surface area contributed by atoms with Crippen molar-refractivity contribution in [3.63, 3.8) is 0 Å². The van der Waals surface area contributed by atoms with Crippen LogP contribution in [0.15, 0.2) is 38.3 Å². The van der Waals surface area contributed by atoms with Gasteiger partial charge in [0.1, 0.15) is 0 Å².